The summed E-state index contributed by atoms with van der Waals surface area (Å²) in [4.78, 5) is 13.6. The van der Waals surface area contributed by atoms with E-state index >= 15 is 0 Å². The van der Waals surface area contributed by atoms with Gasteiger partial charge in [-0.3, -0.25) is 10.1 Å². The summed E-state index contributed by atoms with van der Waals surface area (Å²) in [7, 11) is 0. The molecule has 0 spiro atoms. The molecule has 0 saturated carbocycles. The average molecular weight is 338 g/mol. The number of hydrogen-bond donors (Lipinski definition) is 0. The summed E-state index contributed by atoms with van der Waals surface area (Å²) in [5.74, 6) is -0.545. The second-order valence-electron chi connectivity index (χ2n) is 3.59. The summed E-state index contributed by atoms with van der Waals surface area (Å²) in [6.07, 6.45) is 0.962. The summed E-state index contributed by atoms with van der Waals surface area (Å²) in [5, 5.41) is 19.5. The Kier molecular flexibility index (Phi) is 3.91. The second-order valence-corrected chi connectivity index (χ2v) is 4.45. The number of hydrogen-bond acceptors (Lipinski definition) is 5. The minimum atomic E-state index is -0.671. The van der Waals surface area contributed by atoms with Gasteiger partial charge in [0, 0.05) is 12.1 Å². The van der Waals surface area contributed by atoms with Gasteiger partial charge in [-0.2, -0.15) is 5.26 Å². The van der Waals surface area contributed by atoms with E-state index in [4.69, 9.17) is 10.00 Å². The van der Waals surface area contributed by atoms with Crippen molar-refractivity contribution in [2.24, 2.45) is 0 Å². The molecule has 2 aromatic rings. The van der Waals surface area contributed by atoms with Gasteiger partial charge in [0.05, 0.1) is 9.40 Å². The number of nitrogens with zero attached hydrogens (tertiary/aromatic N) is 3. The maximum atomic E-state index is 13.1. The van der Waals surface area contributed by atoms with Gasteiger partial charge in [0.1, 0.15) is 29.4 Å². The van der Waals surface area contributed by atoms with Gasteiger partial charge >= 0.3 is 0 Å². The average Bonchev–Trinajstić information content (AvgIpc) is 2.43. The zero-order valence-electron chi connectivity index (χ0n) is 9.71. The number of halogens is 2. The van der Waals surface area contributed by atoms with Crippen molar-refractivity contribution in [1.82, 2.24) is 4.98 Å². The molecular weight excluding hydrogens is 333 g/mol. The number of ether oxygens (including phenoxy) is 1. The molecule has 0 amide bonds. The summed E-state index contributed by atoms with van der Waals surface area (Å²) in [6.45, 7) is 0. The Morgan fingerprint density at radius 3 is 2.85 bits per heavy atom. The lowest BCUT2D eigenvalue weighted by molar-refractivity contribution is -0.385. The first-order valence-electron chi connectivity index (χ1n) is 5.18. The Morgan fingerprint density at radius 2 is 2.20 bits per heavy atom. The van der Waals surface area contributed by atoms with Gasteiger partial charge in [-0.1, -0.05) is 0 Å². The number of nitriles is 1. The fraction of sp³-hybridized carbons (Fsp3) is 0. The standard InChI is InChI=1S/C12H5BrFN3O3/c13-10-2-1-8(14)4-11(10)20-12-7(5-15)3-9(6-16-12)17(18)19/h1-4,6H. The van der Waals surface area contributed by atoms with Crippen LogP contribution in [0.3, 0.4) is 0 Å². The molecule has 1 heterocycles. The minimum absolute atomic E-state index is 0.114. The molecule has 1 aromatic heterocycles. The number of benzene rings is 1. The molecule has 8 heteroatoms. The maximum absolute atomic E-state index is 13.1. The summed E-state index contributed by atoms with van der Waals surface area (Å²) in [5.41, 5.74) is -0.442. The maximum Gasteiger partial charge on any atom is 0.289 e. The highest BCUT2D eigenvalue weighted by Gasteiger charge is 2.15. The molecule has 0 N–H and O–H groups in total. The van der Waals surface area contributed by atoms with E-state index in [0.29, 0.717) is 4.47 Å². The second kappa shape index (κ2) is 5.63. The molecule has 2 rings (SSSR count). The molecule has 0 bridgehead atoms. The largest absolute Gasteiger partial charge is 0.436 e. The quantitative estimate of drug-likeness (QED) is 0.631. The summed E-state index contributed by atoms with van der Waals surface area (Å²) in [6, 6.07) is 6.55. The molecule has 0 unspecified atom stereocenters. The molecule has 0 atom stereocenters. The predicted octanol–water partition coefficient (Wildman–Crippen LogP) is 3.56. The minimum Gasteiger partial charge on any atom is -0.436 e. The van der Waals surface area contributed by atoms with E-state index < -0.39 is 10.7 Å². The number of aromatic nitrogens is 1. The van der Waals surface area contributed by atoms with E-state index in [1.807, 2.05) is 0 Å². The van der Waals surface area contributed by atoms with Crippen molar-refractivity contribution in [3.05, 3.63) is 56.4 Å². The van der Waals surface area contributed by atoms with Crippen LogP contribution in [-0.4, -0.2) is 9.91 Å². The molecule has 0 aliphatic rings. The van der Waals surface area contributed by atoms with E-state index in [-0.39, 0.29) is 22.9 Å². The third-order valence-electron chi connectivity index (χ3n) is 2.27. The lowest BCUT2D eigenvalue weighted by Gasteiger charge is -2.07. The Morgan fingerprint density at radius 1 is 1.45 bits per heavy atom. The van der Waals surface area contributed by atoms with E-state index in [0.717, 1.165) is 18.3 Å². The fourth-order valence-corrected chi connectivity index (χ4v) is 1.69. The highest BCUT2D eigenvalue weighted by Crippen LogP contribution is 2.31. The van der Waals surface area contributed by atoms with Crippen LogP contribution in [0.15, 0.2) is 34.9 Å². The molecular formula is C12H5BrFN3O3. The van der Waals surface area contributed by atoms with Gasteiger partial charge < -0.3 is 4.74 Å². The lowest BCUT2D eigenvalue weighted by atomic mass is 10.2. The molecule has 0 aliphatic heterocycles. The van der Waals surface area contributed by atoms with Crippen molar-refractivity contribution in [2.75, 3.05) is 0 Å². The summed E-state index contributed by atoms with van der Waals surface area (Å²) < 4.78 is 18.9. The van der Waals surface area contributed by atoms with Gasteiger partial charge in [-0.15, -0.1) is 0 Å². The van der Waals surface area contributed by atoms with Crippen LogP contribution >= 0.6 is 15.9 Å². The number of pyridine rings is 1. The van der Waals surface area contributed by atoms with Crippen molar-refractivity contribution in [1.29, 1.82) is 5.26 Å². The topological polar surface area (TPSA) is 89.0 Å². The molecule has 6 nitrogen and oxygen atoms in total. The van der Waals surface area contributed by atoms with Crippen LogP contribution in [0.2, 0.25) is 0 Å². The molecule has 0 fully saturated rings. The van der Waals surface area contributed by atoms with E-state index in [1.165, 1.54) is 12.1 Å². The normalized spacial score (nSPS) is 9.85. The lowest BCUT2D eigenvalue weighted by Crippen LogP contribution is -1.96. The first-order valence-corrected chi connectivity index (χ1v) is 5.98. The van der Waals surface area contributed by atoms with Crippen LogP contribution < -0.4 is 4.74 Å². The molecule has 1 aromatic carbocycles. The molecule has 0 aliphatic carbocycles. The van der Waals surface area contributed by atoms with Crippen molar-refractivity contribution >= 4 is 21.6 Å². The van der Waals surface area contributed by atoms with Crippen molar-refractivity contribution in [3.8, 4) is 17.7 Å². The smallest absolute Gasteiger partial charge is 0.289 e. The van der Waals surface area contributed by atoms with E-state index in [1.54, 1.807) is 6.07 Å². The monoisotopic (exact) mass is 337 g/mol. The molecule has 20 heavy (non-hydrogen) atoms. The van der Waals surface area contributed by atoms with Crippen LogP contribution in [0.5, 0.6) is 11.6 Å². The van der Waals surface area contributed by atoms with Gasteiger partial charge in [0.15, 0.2) is 0 Å². The van der Waals surface area contributed by atoms with Crippen LogP contribution in [-0.2, 0) is 0 Å². The molecule has 0 saturated heterocycles. The Labute approximate surface area is 120 Å². The first-order chi connectivity index (χ1) is 9.51. The summed E-state index contributed by atoms with van der Waals surface area (Å²) >= 11 is 3.16. The van der Waals surface area contributed by atoms with Gasteiger partial charge in [-0.25, -0.2) is 9.37 Å². The highest BCUT2D eigenvalue weighted by molar-refractivity contribution is 9.10. The highest BCUT2D eigenvalue weighted by atomic mass is 79.9. The Balaban J connectivity index is 2.41. The fourth-order valence-electron chi connectivity index (χ4n) is 1.36. The zero-order chi connectivity index (χ0) is 14.7. The molecule has 0 radical (unpaired) electrons. The van der Waals surface area contributed by atoms with Crippen LogP contribution in [0.1, 0.15) is 5.56 Å². The first kappa shape index (κ1) is 13.9. The van der Waals surface area contributed by atoms with Gasteiger partial charge in [-0.05, 0) is 28.1 Å². The predicted molar refractivity (Wildman–Crippen MR) is 69.8 cm³/mol. The van der Waals surface area contributed by atoms with Crippen molar-refractivity contribution in [3.63, 3.8) is 0 Å². The van der Waals surface area contributed by atoms with Gasteiger partial charge in [0.25, 0.3) is 5.69 Å². The SMILES string of the molecule is N#Cc1cc([N+](=O)[O-])cnc1Oc1cc(F)ccc1Br. The Hall–Kier alpha value is -2.53. The number of rotatable bonds is 3. The number of nitro groups is 1. The zero-order valence-corrected chi connectivity index (χ0v) is 11.3. The van der Waals surface area contributed by atoms with E-state index in [2.05, 4.69) is 20.9 Å². The Bertz CT molecular complexity index is 730. The van der Waals surface area contributed by atoms with Crippen molar-refractivity contribution in [2.45, 2.75) is 0 Å². The van der Waals surface area contributed by atoms with Crippen LogP contribution in [0.4, 0.5) is 10.1 Å². The van der Waals surface area contributed by atoms with Crippen LogP contribution in [0, 0.1) is 27.3 Å². The van der Waals surface area contributed by atoms with Gasteiger partial charge in [0.2, 0.25) is 5.88 Å². The van der Waals surface area contributed by atoms with Crippen molar-refractivity contribution < 1.29 is 14.1 Å². The molecule has 100 valence electrons. The van der Waals surface area contributed by atoms with Crippen LogP contribution in [0.25, 0.3) is 0 Å². The third-order valence-corrected chi connectivity index (χ3v) is 2.92. The third kappa shape index (κ3) is 2.89. The van der Waals surface area contributed by atoms with E-state index in [9.17, 15) is 14.5 Å².